The van der Waals surface area contributed by atoms with E-state index in [4.69, 9.17) is 20.9 Å². The minimum Gasteiger partial charge on any atom is -0.497 e. The van der Waals surface area contributed by atoms with Gasteiger partial charge in [-0.15, -0.1) is 0 Å². The van der Waals surface area contributed by atoms with Gasteiger partial charge in [0.1, 0.15) is 18.4 Å². The highest BCUT2D eigenvalue weighted by molar-refractivity contribution is 5.78. The second kappa shape index (κ2) is 8.89. The monoisotopic (exact) mass is 284 g/mol. The second-order valence-corrected chi connectivity index (χ2v) is 4.07. The van der Waals surface area contributed by atoms with E-state index in [9.17, 15) is 9.59 Å². The first-order chi connectivity index (χ1) is 9.02. The van der Waals surface area contributed by atoms with Crippen molar-refractivity contribution in [3.8, 4) is 5.75 Å². The summed E-state index contributed by atoms with van der Waals surface area (Å²) in [4.78, 5) is 22.1. The predicted octanol–water partition coefficient (Wildman–Crippen LogP) is -0.493. The van der Waals surface area contributed by atoms with Crippen LogP contribution in [0.15, 0.2) is 24.3 Å². The Labute approximate surface area is 117 Å². The molecule has 0 radical (unpaired) electrons. The number of amides is 1. The molecule has 0 spiro atoms. The molecule has 1 atom stereocenters. The van der Waals surface area contributed by atoms with Gasteiger partial charge < -0.3 is 26.4 Å². The number of benzene rings is 1. The highest BCUT2D eigenvalue weighted by Crippen LogP contribution is 2.12. The fraction of sp³-hybridized carbons (Fsp3) is 0.385. The molecule has 0 heterocycles. The zero-order chi connectivity index (χ0) is 14.3. The molecule has 0 aliphatic rings. The molecule has 112 valence electrons. The van der Waals surface area contributed by atoms with Gasteiger partial charge in [-0.05, 0) is 24.1 Å². The van der Waals surface area contributed by atoms with Crippen LogP contribution in [0.5, 0.6) is 5.75 Å². The quantitative estimate of drug-likeness (QED) is 0.651. The molecular weight excluding hydrogens is 264 g/mol. The van der Waals surface area contributed by atoms with Crippen LogP contribution in [-0.4, -0.2) is 30.5 Å². The lowest BCUT2D eigenvalue weighted by atomic mass is 10.1. The summed E-state index contributed by atoms with van der Waals surface area (Å²) < 4.78 is 10.1. The second-order valence-electron chi connectivity index (χ2n) is 4.07. The summed E-state index contributed by atoms with van der Waals surface area (Å²) in [6, 6.07) is 6.31. The zero-order valence-corrected chi connectivity index (χ0v) is 11.3. The summed E-state index contributed by atoms with van der Waals surface area (Å²) >= 11 is 0. The van der Waals surface area contributed by atoms with Crippen molar-refractivity contribution < 1.29 is 24.5 Å². The highest BCUT2D eigenvalue weighted by atomic mass is 16.5. The third-order valence-electron chi connectivity index (χ3n) is 2.54. The maximum atomic E-state index is 11.5. The Morgan fingerprint density at radius 3 is 2.35 bits per heavy atom. The Morgan fingerprint density at radius 2 is 1.85 bits per heavy atom. The van der Waals surface area contributed by atoms with E-state index in [1.807, 2.05) is 0 Å². The van der Waals surface area contributed by atoms with Gasteiger partial charge in [-0.25, -0.2) is 0 Å². The van der Waals surface area contributed by atoms with Crippen LogP contribution in [0.3, 0.4) is 0 Å². The number of primary amides is 1. The molecule has 0 aromatic heterocycles. The molecule has 0 aliphatic carbocycles. The van der Waals surface area contributed by atoms with Gasteiger partial charge >= 0.3 is 5.97 Å². The summed E-state index contributed by atoms with van der Waals surface area (Å²) in [6.45, 7) is 0.132. The van der Waals surface area contributed by atoms with Crippen LogP contribution in [-0.2, 0) is 20.9 Å². The summed E-state index contributed by atoms with van der Waals surface area (Å²) in [5.74, 6) is -0.302. The molecule has 7 heteroatoms. The van der Waals surface area contributed by atoms with E-state index in [0.29, 0.717) is 0 Å². The number of ether oxygens (including phenoxy) is 2. The van der Waals surface area contributed by atoms with E-state index in [1.165, 1.54) is 0 Å². The highest BCUT2D eigenvalue weighted by Gasteiger charge is 2.15. The molecular formula is C13H20N2O5. The summed E-state index contributed by atoms with van der Waals surface area (Å²) in [6.07, 6.45) is 0.260. The Morgan fingerprint density at radius 1 is 1.25 bits per heavy atom. The van der Waals surface area contributed by atoms with Crippen LogP contribution < -0.4 is 16.2 Å². The van der Waals surface area contributed by atoms with Gasteiger partial charge in [-0.1, -0.05) is 12.1 Å². The Balaban J connectivity index is 0.00000361. The Bertz CT molecular complexity index is 433. The van der Waals surface area contributed by atoms with E-state index in [1.54, 1.807) is 31.4 Å². The smallest absolute Gasteiger partial charge is 0.323 e. The van der Waals surface area contributed by atoms with Gasteiger partial charge in [0.15, 0.2) is 0 Å². The van der Waals surface area contributed by atoms with Gasteiger partial charge in [0.25, 0.3) is 0 Å². The van der Waals surface area contributed by atoms with E-state index in [0.717, 1.165) is 11.3 Å². The van der Waals surface area contributed by atoms with Crippen LogP contribution in [0.1, 0.15) is 18.4 Å². The van der Waals surface area contributed by atoms with Crippen molar-refractivity contribution in [2.75, 3.05) is 7.11 Å². The third kappa shape index (κ3) is 6.17. The van der Waals surface area contributed by atoms with Crippen LogP contribution in [0, 0.1) is 0 Å². The average Bonchev–Trinajstić information content (AvgIpc) is 2.42. The number of nitrogens with two attached hydrogens (primary N) is 2. The number of rotatable bonds is 7. The van der Waals surface area contributed by atoms with E-state index < -0.39 is 17.9 Å². The van der Waals surface area contributed by atoms with Crippen molar-refractivity contribution in [1.82, 2.24) is 0 Å². The molecule has 20 heavy (non-hydrogen) atoms. The van der Waals surface area contributed by atoms with Crippen LogP contribution in [0.4, 0.5) is 0 Å². The van der Waals surface area contributed by atoms with Gasteiger partial charge in [-0.3, -0.25) is 9.59 Å². The van der Waals surface area contributed by atoms with Gasteiger partial charge in [0.05, 0.1) is 7.11 Å². The number of methoxy groups -OCH3 is 1. The normalized spacial score (nSPS) is 11.1. The first-order valence-corrected chi connectivity index (χ1v) is 5.86. The molecule has 6 N–H and O–H groups in total. The minimum atomic E-state index is -0.828. The predicted molar refractivity (Wildman–Crippen MR) is 72.8 cm³/mol. The fourth-order valence-corrected chi connectivity index (χ4v) is 1.40. The van der Waals surface area contributed by atoms with Gasteiger partial charge in [0, 0.05) is 6.42 Å². The fourth-order valence-electron chi connectivity index (χ4n) is 1.40. The molecule has 0 saturated carbocycles. The first kappa shape index (κ1) is 17.9. The lowest BCUT2D eigenvalue weighted by Crippen LogP contribution is -2.33. The number of esters is 1. The van der Waals surface area contributed by atoms with Crippen molar-refractivity contribution in [3.05, 3.63) is 29.8 Å². The molecule has 0 unspecified atom stereocenters. The minimum absolute atomic E-state index is 0. The zero-order valence-electron chi connectivity index (χ0n) is 11.3. The molecule has 0 aliphatic heterocycles. The van der Waals surface area contributed by atoms with Gasteiger partial charge in [-0.2, -0.15) is 0 Å². The molecule has 1 aromatic rings. The number of carbonyl (C=O) groups is 2. The third-order valence-corrected chi connectivity index (χ3v) is 2.54. The topological polar surface area (TPSA) is 136 Å². The molecule has 0 fully saturated rings. The summed E-state index contributed by atoms with van der Waals surface area (Å²) in [5.41, 5.74) is 11.4. The lowest BCUT2D eigenvalue weighted by molar-refractivity contribution is -0.146. The van der Waals surface area contributed by atoms with Crippen molar-refractivity contribution in [2.45, 2.75) is 25.5 Å². The lowest BCUT2D eigenvalue weighted by Gasteiger charge is -2.10. The molecule has 0 bridgehead atoms. The first-order valence-electron chi connectivity index (χ1n) is 5.86. The molecule has 7 nitrogen and oxygen atoms in total. The van der Waals surface area contributed by atoms with Crippen LogP contribution in [0.2, 0.25) is 0 Å². The van der Waals surface area contributed by atoms with Gasteiger partial charge in [0.2, 0.25) is 5.91 Å². The van der Waals surface area contributed by atoms with Crippen molar-refractivity contribution in [1.29, 1.82) is 0 Å². The largest absolute Gasteiger partial charge is 0.497 e. The van der Waals surface area contributed by atoms with Crippen molar-refractivity contribution in [2.24, 2.45) is 11.5 Å². The van der Waals surface area contributed by atoms with Crippen LogP contribution in [0.25, 0.3) is 0 Å². The van der Waals surface area contributed by atoms with Crippen molar-refractivity contribution in [3.63, 3.8) is 0 Å². The Hall–Kier alpha value is -2.12. The SMILES string of the molecule is COc1ccc(COC(=O)[C@@H](N)CCC(N)=O)cc1.O. The molecule has 1 amide bonds. The van der Waals surface area contributed by atoms with E-state index >= 15 is 0 Å². The average molecular weight is 284 g/mol. The Kier molecular flexibility index (Phi) is 7.95. The molecule has 0 saturated heterocycles. The van der Waals surface area contributed by atoms with Crippen molar-refractivity contribution >= 4 is 11.9 Å². The maximum Gasteiger partial charge on any atom is 0.323 e. The number of hydrogen-bond acceptors (Lipinski definition) is 5. The maximum absolute atomic E-state index is 11.5. The molecule has 1 rings (SSSR count). The summed E-state index contributed by atoms with van der Waals surface area (Å²) in [7, 11) is 1.58. The number of hydrogen-bond donors (Lipinski definition) is 2. The number of carbonyl (C=O) groups excluding carboxylic acids is 2. The summed E-state index contributed by atoms with van der Waals surface area (Å²) in [5, 5.41) is 0. The van der Waals surface area contributed by atoms with E-state index in [-0.39, 0.29) is 24.9 Å². The van der Waals surface area contributed by atoms with Crippen LogP contribution >= 0.6 is 0 Å². The van der Waals surface area contributed by atoms with E-state index in [2.05, 4.69) is 0 Å². The molecule has 1 aromatic carbocycles. The standard InChI is InChI=1S/C13H18N2O4.H2O/c1-18-10-4-2-9(3-5-10)8-19-13(17)11(14)6-7-12(15)16;/h2-5,11H,6-8,14H2,1H3,(H2,15,16);1H2/t11-;/m0./s1.